The molecule has 142 valence electrons. The summed E-state index contributed by atoms with van der Waals surface area (Å²) < 4.78 is 0. The molecule has 0 spiro atoms. The lowest BCUT2D eigenvalue weighted by Crippen LogP contribution is -2.40. The van der Waals surface area contributed by atoms with Crippen LogP contribution in [0.2, 0.25) is 15.1 Å². The highest BCUT2D eigenvalue weighted by atomic mass is 35.5. The molecule has 0 saturated carbocycles. The van der Waals surface area contributed by atoms with E-state index in [-0.39, 0.29) is 36.1 Å². The standard InChI is InChI=1S/C18H16Cl3N3O3/c19-11-5-6-13(15(21)9-11)18(27)24-10-16(25)22-7-8-23-17(26)12-3-1-2-4-14(12)20/h1-6,9H,7-8,10H2,(H,22,25)(H,23,26)(H,24,27). The van der Waals surface area contributed by atoms with Gasteiger partial charge in [-0.2, -0.15) is 0 Å². The number of rotatable bonds is 7. The molecular weight excluding hydrogens is 413 g/mol. The lowest BCUT2D eigenvalue weighted by molar-refractivity contribution is -0.120. The van der Waals surface area contributed by atoms with E-state index in [1.807, 2.05) is 0 Å². The van der Waals surface area contributed by atoms with Crippen molar-refractivity contribution in [3.8, 4) is 0 Å². The average Bonchev–Trinajstić information content (AvgIpc) is 2.63. The van der Waals surface area contributed by atoms with Gasteiger partial charge in [0.1, 0.15) is 0 Å². The normalized spacial score (nSPS) is 10.2. The predicted octanol–water partition coefficient (Wildman–Crippen LogP) is 2.92. The minimum Gasteiger partial charge on any atom is -0.353 e. The summed E-state index contributed by atoms with van der Waals surface area (Å²) in [5.41, 5.74) is 0.582. The van der Waals surface area contributed by atoms with Crippen molar-refractivity contribution in [2.75, 3.05) is 19.6 Å². The quantitative estimate of drug-likeness (QED) is 0.593. The molecule has 0 fully saturated rings. The highest BCUT2D eigenvalue weighted by Crippen LogP contribution is 2.20. The number of carbonyl (C=O) groups is 3. The predicted molar refractivity (Wildman–Crippen MR) is 106 cm³/mol. The van der Waals surface area contributed by atoms with Gasteiger partial charge in [0, 0.05) is 18.1 Å². The molecule has 9 heteroatoms. The molecule has 0 aliphatic carbocycles. The van der Waals surface area contributed by atoms with Crippen LogP contribution in [0.4, 0.5) is 0 Å². The Morgan fingerprint density at radius 2 is 1.37 bits per heavy atom. The largest absolute Gasteiger partial charge is 0.353 e. The molecule has 0 bridgehead atoms. The molecule has 3 N–H and O–H groups in total. The lowest BCUT2D eigenvalue weighted by Gasteiger charge is -2.09. The molecule has 2 aromatic rings. The molecule has 0 aliphatic heterocycles. The van der Waals surface area contributed by atoms with Gasteiger partial charge in [0.05, 0.1) is 27.7 Å². The van der Waals surface area contributed by atoms with E-state index in [1.54, 1.807) is 24.3 Å². The first-order valence-electron chi connectivity index (χ1n) is 7.91. The van der Waals surface area contributed by atoms with Crippen LogP contribution in [-0.4, -0.2) is 37.4 Å². The van der Waals surface area contributed by atoms with E-state index >= 15 is 0 Å². The van der Waals surface area contributed by atoms with Crippen molar-refractivity contribution in [2.45, 2.75) is 0 Å². The molecule has 0 heterocycles. The maximum absolute atomic E-state index is 12.0. The zero-order valence-corrected chi connectivity index (χ0v) is 16.3. The van der Waals surface area contributed by atoms with Crippen molar-refractivity contribution in [3.63, 3.8) is 0 Å². The van der Waals surface area contributed by atoms with Crippen LogP contribution in [0.3, 0.4) is 0 Å². The Balaban J connectivity index is 1.70. The Kier molecular flexibility index (Phi) is 7.91. The first-order chi connectivity index (χ1) is 12.9. The second kappa shape index (κ2) is 10.2. The van der Waals surface area contributed by atoms with Crippen LogP contribution in [0, 0.1) is 0 Å². The van der Waals surface area contributed by atoms with Crippen LogP contribution < -0.4 is 16.0 Å². The molecule has 0 saturated heterocycles. The van der Waals surface area contributed by atoms with Crippen LogP contribution in [0.25, 0.3) is 0 Å². The zero-order valence-electron chi connectivity index (χ0n) is 14.0. The number of carbonyl (C=O) groups excluding carboxylic acids is 3. The molecular formula is C18H16Cl3N3O3. The van der Waals surface area contributed by atoms with Crippen molar-refractivity contribution < 1.29 is 14.4 Å². The number of halogens is 3. The summed E-state index contributed by atoms with van der Waals surface area (Å²) in [6.07, 6.45) is 0. The van der Waals surface area contributed by atoms with Crippen molar-refractivity contribution in [2.24, 2.45) is 0 Å². The van der Waals surface area contributed by atoms with Gasteiger partial charge in [-0.25, -0.2) is 0 Å². The Morgan fingerprint density at radius 3 is 2.07 bits per heavy atom. The van der Waals surface area contributed by atoms with E-state index in [0.717, 1.165) is 0 Å². The molecule has 3 amide bonds. The summed E-state index contributed by atoms with van der Waals surface area (Å²) in [6.45, 7) is 0.190. The van der Waals surface area contributed by atoms with Crippen molar-refractivity contribution in [3.05, 3.63) is 68.7 Å². The van der Waals surface area contributed by atoms with E-state index in [4.69, 9.17) is 34.8 Å². The summed E-state index contributed by atoms with van der Waals surface area (Å²) in [5.74, 6) is -1.22. The summed E-state index contributed by atoms with van der Waals surface area (Å²) in [4.78, 5) is 35.7. The van der Waals surface area contributed by atoms with Crippen molar-refractivity contribution in [1.82, 2.24) is 16.0 Å². The number of benzene rings is 2. The van der Waals surface area contributed by atoms with E-state index in [0.29, 0.717) is 15.6 Å². The van der Waals surface area contributed by atoms with E-state index in [1.165, 1.54) is 18.2 Å². The Hall–Kier alpha value is -2.28. The molecule has 0 aliphatic rings. The fourth-order valence-corrected chi connectivity index (χ4v) is 2.83. The first-order valence-corrected chi connectivity index (χ1v) is 9.04. The molecule has 6 nitrogen and oxygen atoms in total. The Labute approximate surface area is 171 Å². The molecule has 0 unspecified atom stereocenters. The third-order valence-electron chi connectivity index (χ3n) is 3.44. The van der Waals surface area contributed by atoms with Gasteiger partial charge in [0.15, 0.2) is 0 Å². The summed E-state index contributed by atoms with van der Waals surface area (Å²) in [7, 11) is 0. The van der Waals surface area contributed by atoms with Gasteiger partial charge in [0.25, 0.3) is 11.8 Å². The van der Waals surface area contributed by atoms with Gasteiger partial charge in [-0.15, -0.1) is 0 Å². The highest BCUT2D eigenvalue weighted by Gasteiger charge is 2.12. The second-order valence-electron chi connectivity index (χ2n) is 5.39. The molecule has 0 radical (unpaired) electrons. The highest BCUT2D eigenvalue weighted by molar-refractivity contribution is 6.36. The molecule has 0 aromatic heterocycles. The van der Waals surface area contributed by atoms with Gasteiger partial charge in [-0.1, -0.05) is 46.9 Å². The summed E-state index contributed by atoms with van der Waals surface area (Å²) in [5, 5.41) is 8.64. The second-order valence-corrected chi connectivity index (χ2v) is 6.64. The molecule has 0 atom stereocenters. The zero-order chi connectivity index (χ0) is 19.8. The van der Waals surface area contributed by atoms with Crippen LogP contribution in [0.1, 0.15) is 20.7 Å². The Bertz CT molecular complexity index is 859. The number of amides is 3. The third-order valence-corrected chi connectivity index (χ3v) is 4.31. The van der Waals surface area contributed by atoms with Gasteiger partial charge < -0.3 is 16.0 Å². The van der Waals surface area contributed by atoms with E-state index < -0.39 is 11.8 Å². The van der Waals surface area contributed by atoms with Crippen LogP contribution in [0.5, 0.6) is 0 Å². The number of hydrogen-bond donors (Lipinski definition) is 3. The smallest absolute Gasteiger partial charge is 0.253 e. The van der Waals surface area contributed by atoms with Crippen LogP contribution >= 0.6 is 34.8 Å². The third kappa shape index (κ3) is 6.43. The Morgan fingerprint density at radius 1 is 0.741 bits per heavy atom. The van der Waals surface area contributed by atoms with E-state index in [2.05, 4.69) is 16.0 Å². The average molecular weight is 429 g/mol. The SMILES string of the molecule is O=C(CNC(=O)c1ccc(Cl)cc1Cl)NCCNC(=O)c1ccccc1Cl. The topological polar surface area (TPSA) is 87.3 Å². The monoisotopic (exact) mass is 427 g/mol. The van der Waals surface area contributed by atoms with Gasteiger partial charge in [0.2, 0.25) is 5.91 Å². The van der Waals surface area contributed by atoms with Crippen molar-refractivity contribution >= 4 is 52.5 Å². The van der Waals surface area contributed by atoms with Gasteiger partial charge >= 0.3 is 0 Å². The minimum absolute atomic E-state index is 0.197. The van der Waals surface area contributed by atoms with Crippen LogP contribution in [0.15, 0.2) is 42.5 Å². The molecule has 2 rings (SSSR count). The maximum atomic E-state index is 12.0. The van der Waals surface area contributed by atoms with Gasteiger partial charge in [-0.05, 0) is 30.3 Å². The fraction of sp³-hybridized carbons (Fsp3) is 0.167. The number of nitrogens with one attached hydrogen (secondary N) is 3. The molecule has 27 heavy (non-hydrogen) atoms. The first kappa shape index (κ1) is 21.0. The van der Waals surface area contributed by atoms with Crippen LogP contribution in [-0.2, 0) is 4.79 Å². The van der Waals surface area contributed by atoms with Gasteiger partial charge in [-0.3, -0.25) is 14.4 Å². The molecule has 2 aromatic carbocycles. The van der Waals surface area contributed by atoms with E-state index in [9.17, 15) is 14.4 Å². The summed E-state index contributed by atoms with van der Waals surface area (Å²) >= 11 is 17.6. The summed E-state index contributed by atoms with van der Waals surface area (Å²) in [6, 6.07) is 11.1. The maximum Gasteiger partial charge on any atom is 0.253 e. The van der Waals surface area contributed by atoms with Crippen molar-refractivity contribution in [1.29, 1.82) is 0 Å². The minimum atomic E-state index is -0.487. The number of hydrogen-bond acceptors (Lipinski definition) is 3. The lowest BCUT2D eigenvalue weighted by atomic mass is 10.2. The fourth-order valence-electron chi connectivity index (χ4n) is 2.11.